The molecule has 0 saturated carbocycles. The second kappa shape index (κ2) is 6.17. The molecule has 3 N–H and O–H groups in total. The van der Waals surface area contributed by atoms with Gasteiger partial charge in [-0.2, -0.15) is 5.10 Å². The zero-order chi connectivity index (χ0) is 15.5. The van der Waals surface area contributed by atoms with Gasteiger partial charge in [0.05, 0.1) is 11.4 Å². The van der Waals surface area contributed by atoms with Gasteiger partial charge in [-0.05, 0) is 44.5 Å². The molecule has 2 rings (SSSR count). The number of aromatic nitrogens is 2. The number of aromatic amines is 1. The second-order valence-corrected chi connectivity index (χ2v) is 6.49. The van der Waals surface area contributed by atoms with E-state index in [1.807, 2.05) is 12.1 Å². The SMILES string of the molecule is CCCNc1ccc(NS(=O)(=O)c2c(C)n[nH]c2C)cc1. The molecule has 1 aromatic carbocycles. The highest BCUT2D eigenvalue weighted by atomic mass is 32.2. The Morgan fingerprint density at radius 1 is 1.14 bits per heavy atom. The van der Waals surface area contributed by atoms with Crippen LogP contribution in [0.2, 0.25) is 0 Å². The summed E-state index contributed by atoms with van der Waals surface area (Å²) in [7, 11) is -3.63. The molecule has 21 heavy (non-hydrogen) atoms. The van der Waals surface area contributed by atoms with Gasteiger partial charge in [0.25, 0.3) is 10.0 Å². The first-order valence-corrected chi connectivity index (χ1v) is 8.30. The number of rotatable bonds is 6. The number of anilines is 2. The first kappa shape index (κ1) is 15.4. The molecule has 114 valence electrons. The third-order valence-electron chi connectivity index (χ3n) is 3.05. The molecular weight excluding hydrogens is 288 g/mol. The molecule has 2 aromatic rings. The Labute approximate surface area is 125 Å². The third kappa shape index (κ3) is 3.55. The Balaban J connectivity index is 2.17. The first-order valence-electron chi connectivity index (χ1n) is 6.82. The summed E-state index contributed by atoms with van der Waals surface area (Å²) in [4.78, 5) is 0.204. The van der Waals surface area contributed by atoms with Gasteiger partial charge in [0.2, 0.25) is 0 Å². The van der Waals surface area contributed by atoms with Crippen molar-refractivity contribution in [1.82, 2.24) is 10.2 Å². The lowest BCUT2D eigenvalue weighted by Gasteiger charge is -2.09. The minimum absolute atomic E-state index is 0.204. The fourth-order valence-corrected chi connectivity index (χ4v) is 3.50. The van der Waals surface area contributed by atoms with E-state index in [0.29, 0.717) is 17.1 Å². The number of hydrogen-bond donors (Lipinski definition) is 3. The van der Waals surface area contributed by atoms with E-state index in [2.05, 4.69) is 27.2 Å². The number of nitrogens with one attached hydrogen (secondary N) is 3. The maximum absolute atomic E-state index is 12.4. The highest BCUT2D eigenvalue weighted by molar-refractivity contribution is 7.92. The van der Waals surface area contributed by atoms with E-state index >= 15 is 0 Å². The third-order valence-corrected chi connectivity index (χ3v) is 4.69. The Bertz CT molecular complexity index is 686. The number of hydrogen-bond acceptors (Lipinski definition) is 4. The first-order chi connectivity index (χ1) is 9.94. The summed E-state index contributed by atoms with van der Waals surface area (Å²) in [5.41, 5.74) is 2.48. The summed E-state index contributed by atoms with van der Waals surface area (Å²) in [6, 6.07) is 7.17. The van der Waals surface area contributed by atoms with Crippen molar-refractivity contribution in [3.05, 3.63) is 35.7 Å². The minimum Gasteiger partial charge on any atom is -0.385 e. The lowest BCUT2D eigenvalue weighted by molar-refractivity contribution is 0.600. The van der Waals surface area contributed by atoms with Crippen LogP contribution in [0.5, 0.6) is 0 Å². The summed E-state index contributed by atoms with van der Waals surface area (Å²) in [5, 5.41) is 9.84. The van der Waals surface area contributed by atoms with Crippen LogP contribution in [0.25, 0.3) is 0 Å². The Kier molecular flexibility index (Phi) is 4.52. The van der Waals surface area contributed by atoms with Crippen molar-refractivity contribution in [2.45, 2.75) is 32.1 Å². The van der Waals surface area contributed by atoms with Crippen molar-refractivity contribution >= 4 is 21.4 Å². The molecule has 0 radical (unpaired) electrons. The average molecular weight is 308 g/mol. The van der Waals surface area contributed by atoms with Crippen LogP contribution < -0.4 is 10.0 Å². The van der Waals surface area contributed by atoms with E-state index in [9.17, 15) is 8.42 Å². The van der Waals surface area contributed by atoms with Gasteiger partial charge in [-0.1, -0.05) is 6.92 Å². The number of aryl methyl sites for hydroxylation is 2. The van der Waals surface area contributed by atoms with Crippen LogP contribution in [0.3, 0.4) is 0 Å². The summed E-state index contributed by atoms with van der Waals surface area (Å²) >= 11 is 0. The maximum Gasteiger partial charge on any atom is 0.265 e. The molecular formula is C14H20N4O2S. The van der Waals surface area contributed by atoms with Crippen molar-refractivity contribution in [1.29, 1.82) is 0 Å². The van der Waals surface area contributed by atoms with Gasteiger partial charge >= 0.3 is 0 Å². The van der Waals surface area contributed by atoms with Gasteiger partial charge in [0.1, 0.15) is 4.90 Å². The van der Waals surface area contributed by atoms with Crippen LogP contribution in [-0.4, -0.2) is 25.2 Å². The molecule has 0 aliphatic rings. The van der Waals surface area contributed by atoms with Gasteiger partial charge in [0.15, 0.2) is 0 Å². The van der Waals surface area contributed by atoms with Crippen LogP contribution >= 0.6 is 0 Å². The van der Waals surface area contributed by atoms with Crippen molar-refractivity contribution in [2.24, 2.45) is 0 Å². The largest absolute Gasteiger partial charge is 0.385 e. The summed E-state index contributed by atoms with van der Waals surface area (Å²) in [6.45, 7) is 6.33. The second-order valence-electron chi connectivity index (χ2n) is 4.87. The monoisotopic (exact) mass is 308 g/mol. The molecule has 7 heteroatoms. The molecule has 0 aliphatic heterocycles. The number of nitrogens with zero attached hydrogens (tertiary/aromatic N) is 1. The Hall–Kier alpha value is -2.02. The van der Waals surface area contributed by atoms with E-state index in [1.54, 1.807) is 26.0 Å². The Morgan fingerprint density at radius 2 is 1.76 bits per heavy atom. The van der Waals surface area contributed by atoms with E-state index in [4.69, 9.17) is 0 Å². The van der Waals surface area contributed by atoms with E-state index in [1.165, 1.54) is 0 Å². The van der Waals surface area contributed by atoms with Crippen molar-refractivity contribution in [2.75, 3.05) is 16.6 Å². The number of H-pyrrole nitrogens is 1. The molecule has 0 bridgehead atoms. The Morgan fingerprint density at radius 3 is 2.29 bits per heavy atom. The van der Waals surface area contributed by atoms with E-state index in [0.717, 1.165) is 18.7 Å². The van der Waals surface area contributed by atoms with Crippen molar-refractivity contribution in [3.63, 3.8) is 0 Å². The lowest BCUT2D eigenvalue weighted by atomic mass is 10.3. The molecule has 6 nitrogen and oxygen atoms in total. The van der Waals surface area contributed by atoms with Crippen molar-refractivity contribution in [3.8, 4) is 0 Å². The van der Waals surface area contributed by atoms with Crippen LogP contribution in [0.1, 0.15) is 24.7 Å². The zero-order valence-electron chi connectivity index (χ0n) is 12.4. The predicted molar refractivity (Wildman–Crippen MR) is 84.1 cm³/mol. The van der Waals surface area contributed by atoms with Gasteiger partial charge < -0.3 is 5.32 Å². The van der Waals surface area contributed by atoms with Crippen LogP contribution in [0.15, 0.2) is 29.2 Å². The average Bonchev–Trinajstić information content (AvgIpc) is 2.77. The standard InChI is InChI=1S/C14H20N4O2S/c1-4-9-15-12-5-7-13(8-6-12)18-21(19,20)14-10(2)16-17-11(14)3/h5-8,15,18H,4,9H2,1-3H3,(H,16,17). The highest BCUT2D eigenvalue weighted by Crippen LogP contribution is 2.21. The minimum atomic E-state index is -3.63. The number of sulfonamides is 1. The molecule has 1 aromatic heterocycles. The normalized spacial score (nSPS) is 11.4. The smallest absolute Gasteiger partial charge is 0.265 e. The van der Waals surface area contributed by atoms with Crippen molar-refractivity contribution < 1.29 is 8.42 Å². The van der Waals surface area contributed by atoms with Crippen LogP contribution in [0.4, 0.5) is 11.4 Å². The summed E-state index contributed by atoms with van der Waals surface area (Å²) in [5.74, 6) is 0. The summed E-state index contributed by atoms with van der Waals surface area (Å²) in [6.07, 6.45) is 1.04. The van der Waals surface area contributed by atoms with Crippen LogP contribution in [0, 0.1) is 13.8 Å². The molecule has 0 atom stereocenters. The van der Waals surface area contributed by atoms with E-state index in [-0.39, 0.29) is 4.90 Å². The van der Waals surface area contributed by atoms with Gasteiger partial charge in [-0.15, -0.1) is 0 Å². The molecule has 1 heterocycles. The quantitative estimate of drug-likeness (QED) is 0.765. The van der Waals surface area contributed by atoms with Gasteiger partial charge in [-0.25, -0.2) is 8.42 Å². The zero-order valence-corrected chi connectivity index (χ0v) is 13.2. The fourth-order valence-electron chi connectivity index (χ4n) is 2.07. The highest BCUT2D eigenvalue weighted by Gasteiger charge is 2.22. The molecule has 0 spiro atoms. The maximum atomic E-state index is 12.4. The van der Waals surface area contributed by atoms with Gasteiger partial charge in [0, 0.05) is 17.9 Å². The molecule has 0 unspecified atom stereocenters. The number of benzene rings is 1. The lowest BCUT2D eigenvalue weighted by Crippen LogP contribution is -2.14. The molecule has 0 amide bonds. The summed E-state index contributed by atoms with van der Waals surface area (Å²) < 4.78 is 27.3. The molecule has 0 fully saturated rings. The van der Waals surface area contributed by atoms with Crippen LogP contribution in [-0.2, 0) is 10.0 Å². The fraction of sp³-hybridized carbons (Fsp3) is 0.357. The molecule has 0 saturated heterocycles. The topological polar surface area (TPSA) is 86.9 Å². The molecule has 0 aliphatic carbocycles. The predicted octanol–water partition coefficient (Wildman–Crippen LogP) is 2.65. The van der Waals surface area contributed by atoms with Gasteiger partial charge in [-0.3, -0.25) is 9.82 Å². The van der Waals surface area contributed by atoms with E-state index < -0.39 is 10.0 Å².